The summed E-state index contributed by atoms with van der Waals surface area (Å²) in [5.41, 5.74) is 7.69. The van der Waals surface area contributed by atoms with Crippen LogP contribution >= 0.6 is 0 Å². The Balaban J connectivity index is 2.68. The summed E-state index contributed by atoms with van der Waals surface area (Å²) in [6, 6.07) is 0. The van der Waals surface area contributed by atoms with Crippen LogP contribution in [0.3, 0.4) is 0 Å². The molecule has 1 N–H and O–H groups in total. The Labute approximate surface area is 120 Å². The number of hydrogen-bond donors (Lipinski definition) is 1. The molecule has 0 aromatic carbocycles. The molecule has 2 unspecified atom stereocenters. The lowest BCUT2D eigenvalue weighted by Gasteiger charge is -2.41. The van der Waals surface area contributed by atoms with E-state index in [9.17, 15) is 4.79 Å². The fraction of sp³-hybridized carbons (Fsp3) is 0.929. The molecule has 0 amide bonds. The summed E-state index contributed by atoms with van der Waals surface area (Å²) in [6.07, 6.45) is 3.52. The second-order valence-electron chi connectivity index (χ2n) is 5.89. The molecule has 0 bridgehead atoms. The quantitative estimate of drug-likeness (QED) is 0.256. The predicted octanol–water partition coefficient (Wildman–Crippen LogP) is 3.03. The molecular formula is C14H26N4O2. The zero-order valence-corrected chi connectivity index (χ0v) is 12.8. The van der Waals surface area contributed by atoms with E-state index in [0.29, 0.717) is 31.5 Å². The Morgan fingerprint density at radius 1 is 1.45 bits per heavy atom. The fourth-order valence-electron chi connectivity index (χ4n) is 3.30. The molecule has 1 aliphatic carbocycles. The summed E-state index contributed by atoms with van der Waals surface area (Å²) in [5.74, 6) is 0.878. The lowest BCUT2D eigenvalue weighted by Crippen LogP contribution is -2.57. The molecule has 0 heterocycles. The van der Waals surface area contributed by atoms with Crippen molar-refractivity contribution in [3.8, 4) is 0 Å². The summed E-state index contributed by atoms with van der Waals surface area (Å²) in [5, 5.41) is 6.89. The van der Waals surface area contributed by atoms with Crippen LogP contribution in [0, 0.1) is 11.8 Å². The van der Waals surface area contributed by atoms with E-state index in [4.69, 9.17) is 10.3 Å². The standard InChI is InChI=1S/C14H26N4O2/c1-4-20-13(19)14(16-6-5-7-17-18-15)9-11(2)8-12(3)10-14/h11-12,16H,4-10H2,1-3H3. The van der Waals surface area contributed by atoms with Gasteiger partial charge in [-0.05, 0) is 56.5 Å². The van der Waals surface area contributed by atoms with Gasteiger partial charge in [0.2, 0.25) is 0 Å². The van der Waals surface area contributed by atoms with Crippen LogP contribution in [-0.4, -0.2) is 31.2 Å². The maximum atomic E-state index is 12.4. The largest absolute Gasteiger partial charge is 0.465 e. The topological polar surface area (TPSA) is 87.1 Å². The van der Waals surface area contributed by atoms with Crippen LogP contribution in [0.15, 0.2) is 5.11 Å². The molecule has 1 fully saturated rings. The highest BCUT2D eigenvalue weighted by atomic mass is 16.5. The minimum Gasteiger partial charge on any atom is -0.465 e. The van der Waals surface area contributed by atoms with Gasteiger partial charge in [-0.25, -0.2) is 0 Å². The molecule has 1 aliphatic rings. The normalized spacial score (nSPS) is 29.6. The Morgan fingerprint density at radius 2 is 2.10 bits per heavy atom. The van der Waals surface area contributed by atoms with Gasteiger partial charge >= 0.3 is 5.97 Å². The maximum absolute atomic E-state index is 12.4. The van der Waals surface area contributed by atoms with Crippen molar-refractivity contribution in [1.82, 2.24) is 5.32 Å². The van der Waals surface area contributed by atoms with E-state index in [-0.39, 0.29) is 5.97 Å². The molecule has 6 nitrogen and oxygen atoms in total. The molecule has 0 aliphatic heterocycles. The molecule has 0 aromatic heterocycles. The van der Waals surface area contributed by atoms with Crippen molar-refractivity contribution in [1.29, 1.82) is 0 Å². The predicted molar refractivity (Wildman–Crippen MR) is 78.2 cm³/mol. The van der Waals surface area contributed by atoms with E-state index in [0.717, 1.165) is 25.7 Å². The molecule has 1 rings (SSSR count). The Morgan fingerprint density at radius 3 is 2.65 bits per heavy atom. The average molecular weight is 282 g/mol. The SMILES string of the molecule is CCOC(=O)C1(NCCCN=[N+]=[N-])CC(C)CC(C)C1. The van der Waals surface area contributed by atoms with Crippen molar-refractivity contribution >= 4 is 5.97 Å². The highest BCUT2D eigenvalue weighted by molar-refractivity contribution is 5.81. The average Bonchev–Trinajstić information content (AvgIpc) is 2.37. The van der Waals surface area contributed by atoms with Gasteiger partial charge in [0, 0.05) is 11.5 Å². The number of azide groups is 1. The van der Waals surface area contributed by atoms with Crippen molar-refractivity contribution in [2.45, 2.75) is 52.0 Å². The van der Waals surface area contributed by atoms with Crippen molar-refractivity contribution in [3.05, 3.63) is 10.4 Å². The van der Waals surface area contributed by atoms with Gasteiger partial charge in [0.25, 0.3) is 0 Å². The third-order valence-electron chi connectivity index (χ3n) is 3.83. The number of carbonyl (C=O) groups excluding carboxylic acids is 1. The van der Waals surface area contributed by atoms with Gasteiger partial charge in [0.1, 0.15) is 5.54 Å². The molecule has 20 heavy (non-hydrogen) atoms. The van der Waals surface area contributed by atoms with E-state index >= 15 is 0 Å². The Kier molecular flexibility index (Phi) is 6.82. The summed E-state index contributed by atoms with van der Waals surface area (Å²) in [4.78, 5) is 15.1. The van der Waals surface area contributed by atoms with E-state index < -0.39 is 5.54 Å². The summed E-state index contributed by atoms with van der Waals surface area (Å²) >= 11 is 0. The van der Waals surface area contributed by atoms with Gasteiger partial charge in [0.05, 0.1) is 6.61 Å². The molecule has 0 saturated heterocycles. The van der Waals surface area contributed by atoms with Crippen LogP contribution in [0.25, 0.3) is 10.4 Å². The minimum atomic E-state index is -0.566. The van der Waals surface area contributed by atoms with Crippen LogP contribution < -0.4 is 5.32 Å². The van der Waals surface area contributed by atoms with Crippen molar-refractivity contribution in [2.24, 2.45) is 17.0 Å². The number of nitrogens with one attached hydrogen (secondary N) is 1. The number of carbonyl (C=O) groups is 1. The lowest BCUT2D eigenvalue weighted by molar-refractivity contribution is -0.154. The molecule has 0 radical (unpaired) electrons. The Hall–Kier alpha value is -1.26. The highest BCUT2D eigenvalue weighted by Crippen LogP contribution is 2.36. The van der Waals surface area contributed by atoms with Crippen LogP contribution in [-0.2, 0) is 9.53 Å². The molecule has 1 saturated carbocycles. The molecular weight excluding hydrogens is 256 g/mol. The van der Waals surface area contributed by atoms with E-state index in [1.165, 1.54) is 0 Å². The first-order valence-corrected chi connectivity index (χ1v) is 7.47. The van der Waals surface area contributed by atoms with Crippen LogP contribution in [0.2, 0.25) is 0 Å². The van der Waals surface area contributed by atoms with Gasteiger partial charge in [-0.1, -0.05) is 19.0 Å². The van der Waals surface area contributed by atoms with E-state index in [1.807, 2.05) is 6.92 Å². The lowest BCUT2D eigenvalue weighted by atomic mass is 9.71. The smallest absolute Gasteiger partial charge is 0.326 e. The number of ether oxygens (including phenoxy) is 1. The van der Waals surface area contributed by atoms with E-state index in [1.54, 1.807) is 0 Å². The zero-order chi connectivity index (χ0) is 15.0. The molecule has 0 spiro atoms. The third kappa shape index (κ3) is 4.69. The summed E-state index contributed by atoms with van der Waals surface area (Å²) in [7, 11) is 0. The second kappa shape index (κ2) is 8.12. The number of rotatable bonds is 7. The number of nitrogens with zero attached hydrogens (tertiary/aromatic N) is 3. The van der Waals surface area contributed by atoms with Gasteiger partial charge in [0.15, 0.2) is 0 Å². The van der Waals surface area contributed by atoms with Gasteiger partial charge in [-0.2, -0.15) is 0 Å². The van der Waals surface area contributed by atoms with E-state index in [2.05, 4.69) is 29.2 Å². The van der Waals surface area contributed by atoms with Crippen LogP contribution in [0.1, 0.15) is 46.5 Å². The van der Waals surface area contributed by atoms with Crippen molar-refractivity contribution in [2.75, 3.05) is 19.7 Å². The monoisotopic (exact) mass is 282 g/mol. The second-order valence-corrected chi connectivity index (χ2v) is 5.89. The Bertz CT molecular complexity index is 356. The summed E-state index contributed by atoms with van der Waals surface area (Å²) in [6.45, 7) is 7.73. The summed E-state index contributed by atoms with van der Waals surface area (Å²) < 4.78 is 5.28. The third-order valence-corrected chi connectivity index (χ3v) is 3.83. The zero-order valence-electron chi connectivity index (χ0n) is 12.8. The molecule has 0 aromatic rings. The number of esters is 1. The number of hydrogen-bond acceptors (Lipinski definition) is 4. The fourth-order valence-corrected chi connectivity index (χ4v) is 3.30. The van der Waals surface area contributed by atoms with Crippen molar-refractivity contribution < 1.29 is 9.53 Å². The first kappa shape index (κ1) is 16.8. The first-order valence-electron chi connectivity index (χ1n) is 7.47. The molecule has 114 valence electrons. The van der Waals surface area contributed by atoms with Gasteiger partial charge < -0.3 is 10.1 Å². The molecule has 6 heteroatoms. The van der Waals surface area contributed by atoms with Gasteiger partial charge in [-0.3, -0.25) is 4.79 Å². The first-order chi connectivity index (χ1) is 9.54. The maximum Gasteiger partial charge on any atom is 0.326 e. The minimum absolute atomic E-state index is 0.137. The van der Waals surface area contributed by atoms with Crippen LogP contribution in [0.5, 0.6) is 0 Å². The van der Waals surface area contributed by atoms with Crippen LogP contribution in [0.4, 0.5) is 0 Å². The highest BCUT2D eigenvalue weighted by Gasteiger charge is 2.44. The molecule has 2 atom stereocenters. The van der Waals surface area contributed by atoms with Gasteiger partial charge in [-0.15, -0.1) is 0 Å². The van der Waals surface area contributed by atoms with Crippen molar-refractivity contribution in [3.63, 3.8) is 0 Å².